The number of hydrogen-bond acceptors (Lipinski definition) is 4. The molecule has 0 unspecified atom stereocenters. The third-order valence-electron chi connectivity index (χ3n) is 3.26. The van der Waals surface area contributed by atoms with E-state index in [-0.39, 0.29) is 4.90 Å². The maximum Gasteiger partial charge on any atom is 0.262 e. The molecule has 2 rings (SSSR count). The third kappa shape index (κ3) is 3.33. The van der Waals surface area contributed by atoms with Gasteiger partial charge in [-0.05, 0) is 61.6 Å². The molecule has 0 atom stereocenters. The SMILES string of the molecule is CSc1ccc(NS(=O)(=O)c2c(C)ccc(N)c2C)cc1. The Kier molecular flexibility index (Phi) is 4.49. The molecule has 3 N–H and O–H groups in total. The summed E-state index contributed by atoms with van der Waals surface area (Å²) in [6.07, 6.45) is 1.97. The first kappa shape index (κ1) is 15.7. The van der Waals surface area contributed by atoms with Gasteiger partial charge in [0.25, 0.3) is 10.0 Å². The first-order valence-corrected chi connectivity index (χ1v) is 9.08. The van der Waals surface area contributed by atoms with Gasteiger partial charge in [0.1, 0.15) is 0 Å². The lowest BCUT2D eigenvalue weighted by Crippen LogP contribution is -2.16. The summed E-state index contributed by atoms with van der Waals surface area (Å²) in [5.41, 5.74) is 8.08. The van der Waals surface area contributed by atoms with Gasteiger partial charge in [-0.1, -0.05) is 6.07 Å². The lowest BCUT2D eigenvalue weighted by Gasteiger charge is -2.14. The van der Waals surface area contributed by atoms with E-state index in [1.807, 2.05) is 18.4 Å². The number of nitrogens with two attached hydrogens (primary N) is 1. The Morgan fingerprint density at radius 2 is 1.67 bits per heavy atom. The third-order valence-corrected chi connectivity index (χ3v) is 5.67. The maximum atomic E-state index is 12.6. The number of aryl methyl sites for hydroxylation is 1. The monoisotopic (exact) mass is 322 g/mol. The molecule has 0 saturated heterocycles. The van der Waals surface area contributed by atoms with Crippen LogP contribution in [0.3, 0.4) is 0 Å². The predicted octanol–water partition coefficient (Wildman–Crippen LogP) is 3.41. The number of thioether (sulfide) groups is 1. The Morgan fingerprint density at radius 3 is 2.24 bits per heavy atom. The highest BCUT2D eigenvalue weighted by Crippen LogP contribution is 2.27. The van der Waals surface area contributed by atoms with Crippen molar-refractivity contribution in [3.05, 3.63) is 47.5 Å². The largest absolute Gasteiger partial charge is 0.398 e. The summed E-state index contributed by atoms with van der Waals surface area (Å²) in [7, 11) is -3.65. The van der Waals surface area contributed by atoms with Crippen molar-refractivity contribution in [1.82, 2.24) is 0 Å². The van der Waals surface area contributed by atoms with Crippen LogP contribution in [0.1, 0.15) is 11.1 Å². The first-order chi connectivity index (χ1) is 9.85. The summed E-state index contributed by atoms with van der Waals surface area (Å²) < 4.78 is 27.8. The molecule has 0 spiro atoms. The fourth-order valence-corrected chi connectivity index (χ4v) is 4.09. The normalized spacial score (nSPS) is 11.4. The van der Waals surface area contributed by atoms with Gasteiger partial charge in [-0.25, -0.2) is 8.42 Å². The minimum Gasteiger partial charge on any atom is -0.398 e. The molecule has 0 aliphatic rings. The molecule has 112 valence electrons. The minimum absolute atomic E-state index is 0.247. The zero-order valence-electron chi connectivity index (χ0n) is 12.2. The highest BCUT2D eigenvalue weighted by atomic mass is 32.2. The molecule has 0 bridgehead atoms. The molecular formula is C15H18N2O2S2. The Morgan fingerprint density at radius 1 is 1.05 bits per heavy atom. The zero-order valence-corrected chi connectivity index (χ0v) is 13.8. The van der Waals surface area contributed by atoms with Gasteiger partial charge in [-0.15, -0.1) is 11.8 Å². The number of anilines is 2. The number of benzene rings is 2. The van der Waals surface area contributed by atoms with Crippen molar-refractivity contribution >= 4 is 33.2 Å². The first-order valence-electron chi connectivity index (χ1n) is 6.37. The molecule has 2 aromatic rings. The average Bonchev–Trinajstić information content (AvgIpc) is 2.43. The Hall–Kier alpha value is -1.66. The zero-order chi connectivity index (χ0) is 15.6. The predicted molar refractivity (Wildman–Crippen MR) is 89.4 cm³/mol. The van der Waals surface area contributed by atoms with E-state index < -0.39 is 10.0 Å². The van der Waals surface area contributed by atoms with Crippen molar-refractivity contribution in [2.75, 3.05) is 16.7 Å². The molecule has 0 aromatic heterocycles. The van der Waals surface area contributed by atoms with Crippen molar-refractivity contribution in [1.29, 1.82) is 0 Å². The van der Waals surface area contributed by atoms with Crippen LogP contribution < -0.4 is 10.5 Å². The van der Waals surface area contributed by atoms with Crippen LogP contribution >= 0.6 is 11.8 Å². The van der Waals surface area contributed by atoms with E-state index in [4.69, 9.17) is 5.73 Å². The van der Waals surface area contributed by atoms with Crippen LogP contribution in [0.15, 0.2) is 46.2 Å². The van der Waals surface area contributed by atoms with E-state index in [9.17, 15) is 8.42 Å². The Balaban J connectivity index is 2.41. The Labute approximate surface area is 129 Å². The second-order valence-corrected chi connectivity index (χ2v) is 7.26. The van der Waals surface area contributed by atoms with Gasteiger partial charge in [-0.2, -0.15) is 0 Å². The number of rotatable bonds is 4. The van der Waals surface area contributed by atoms with Gasteiger partial charge in [0, 0.05) is 16.3 Å². The van der Waals surface area contributed by atoms with E-state index in [0.717, 1.165) is 4.90 Å². The summed E-state index contributed by atoms with van der Waals surface area (Å²) >= 11 is 1.60. The van der Waals surface area contributed by atoms with Crippen LogP contribution in [0.5, 0.6) is 0 Å². The molecule has 0 amide bonds. The van der Waals surface area contributed by atoms with E-state index in [2.05, 4.69) is 4.72 Å². The molecule has 21 heavy (non-hydrogen) atoms. The van der Waals surface area contributed by atoms with Gasteiger partial charge in [-0.3, -0.25) is 4.72 Å². The van der Waals surface area contributed by atoms with Gasteiger partial charge in [0.05, 0.1) is 4.90 Å². The Bertz CT molecular complexity index is 754. The summed E-state index contributed by atoms with van der Waals surface area (Å²) in [4.78, 5) is 1.32. The van der Waals surface area contributed by atoms with Gasteiger partial charge >= 0.3 is 0 Å². The summed E-state index contributed by atoms with van der Waals surface area (Å²) in [5, 5.41) is 0. The van der Waals surface area contributed by atoms with Crippen molar-refractivity contribution in [2.45, 2.75) is 23.6 Å². The molecular weight excluding hydrogens is 304 g/mol. The van der Waals surface area contributed by atoms with Crippen molar-refractivity contribution in [2.24, 2.45) is 0 Å². The summed E-state index contributed by atoms with van der Waals surface area (Å²) in [6.45, 7) is 3.48. The lowest BCUT2D eigenvalue weighted by atomic mass is 10.1. The second kappa shape index (κ2) is 5.99. The second-order valence-electron chi connectivity index (χ2n) is 4.76. The van der Waals surface area contributed by atoms with Crippen molar-refractivity contribution < 1.29 is 8.42 Å². The lowest BCUT2D eigenvalue weighted by molar-refractivity contribution is 0.600. The smallest absolute Gasteiger partial charge is 0.262 e. The highest BCUT2D eigenvalue weighted by Gasteiger charge is 2.20. The molecule has 0 heterocycles. The minimum atomic E-state index is -3.65. The quantitative estimate of drug-likeness (QED) is 0.668. The number of nitrogens with one attached hydrogen (secondary N) is 1. The maximum absolute atomic E-state index is 12.6. The van der Waals surface area contributed by atoms with Crippen LogP contribution in [-0.4, -0.2) is 14.7 Å². The van der Waals surface area contributed by atoms with E-state index in [1.165, 1.54) is 0 Å². The van der Waals surface area contributed by atoms with E-state index in [0.29, 0.717) is 22.5 Å². The van der Waals surface area contributed by atoms with Crippen molar-refractivity contribution in [3.63, 3.8) is 0 Å². The van der Waals surface area contributed by atoms with E-state index in [1.54, 1.807) is 49.9 Å². The highest BCUT2D eigenvalue weighted by molar-refractivity contribution is 7.98. The topological polar surface area (TPSA) is 72.2 Å². The fourth-order valence-electron chi connectivity index (χ4n) is 2.12. The number of sulfonamides is 1. The van der Waals surface area contributed by atoms with Gasteiger partial charge in [0.2, 0.25) is 0 Å². The summed E-state index contributed by atoms with van der Waals surface area (Å²) in [5.74, 6) is 0. The molecule has 6 heteroatoms. The number of hydrogen-bond donors (Lipinski definition) is 2. The summed E-state index contributed by atoms with van der Waals surface area (Å²) in [6, 6.07) is 10.7. The van der Waals surface area contributed by atoms with E-state index >= 15 is 0 Å². The van der Waals surface area contributed by atoms with Gasteiger partial charge in [0.15, 0.2) is 0 Å². The van der Waals surface area contributed by atoms with Crippen LogP contribution in [0.25, 0.3) is 0 Å². The molecule has 0 saturated carbocycles. The molecule has 0 aliphatic carbocycles. The van der Waals surface area contributed by atoms with Crippen LogP contribution in [0.4, 0.5) is 11.4 Å². The van der Waals surface area contributed by atoms with Crippen LogP contribution in [0, 0.1) is 13.8 Å². The molecule has 2 aromatic carbocycles. The van der Waals surface area contributed by atoms with Crippen LogP contribution in [-0.2, 0) is 10.0 Å². The fraction of sp³-hybridized carbons (Fsp3) is 0.200. The van der Waals surface area contributed by atoms with Crippen LogP contribution in [0.2, 0.25) is 0 Å². The number of nitrogen functional groups attached to an aromatic ring is 1. The van der Waals surface area contributed by atoms with Crippen molar-refractivity contribution in [3.8, 4) is 0 Å². The standard InChI is InChI=1S/C15H18N2O2S2/c1-10-4-9-14(16)11(2)15(10)21(18,19)17-12-5-7-13(20-3)8-6-12/h4-9,17H,16H2,1-3H3. The molecule has 0 radical (unpaired) electrons. The molecule has 0 fully saturated rings. The molecule has 4 nitrogen and oxygen atoms in total. The average molecular weight is 322 g/mol. The molecule has 0 aliphatic heterocycles. The van der Waals surface area contributed by atoms with Gasteiger partial charge < -0.3 is 5.73 Å².